The Morgan fingerprint density at radius 1 is 0.621 bits per heavy atom. The summed E-state index contributed by atoms with van der Waals surface area (Å²) >= 11 is 6.76. The molecule has 0 fully saturated rings. The quantitative estimate of drug-likeness (QED) is 0.0417. The molecule has 8 nitrogen and oxygen atoms in total. The van der Waals surface area contributed by atoms with Gasteiger partial charge in [0, 0.05) is 63.3 Å². The second-order valence-electron chi connectivity index (χ2n) is 15.8. The SMILES string of the molecule is C=CC(=O)OCCNC(=O)OCC(COc1cccc(-c2cccc3c2sc2ccccc23)c1)(COc1ccccc1-c1cccc2c1sc1ccccc12)CSc1nc2ccccc2s1. The lowest BCUT2D eigenvalue weighted by Gasteiger charge is -2.33. The smallest absolute Gasteiger partial charge is 0.407 e. The Kier molecular flexibility index (Phi) is 12.7. The second kappa shape index (κ2) is 19.4. The third kappa shape index (κ3) is 9.23. The molecule has 7 aromatic carbocycles. The number of hydrogen-bond acceptors (Lipinski definition) is 11. The van der Waals surface area contributed by atoms with E-state index in [1.807, 2.05) is 48.5 Å². The Hall–Kier alpha value is -6.70. The molecule has 66 heavy (non-hydrogen) atoms. The van der Waals surface area contributed by atoms with Crippen molar-refractivity contribution in [2.24, 2.45) is 5.41 Å². The topological polar surface area (TPSA) is 96.0 Å². The summed E-state index contributed by atoms with van der Waals surface area (Å²) in [6.45, 7) is 3.68. The van der Waals surface area contributed by atoms with E-state index in [1.165, 1.54) is 40.3 Å². The number of esters is 1. The molecule has 10 rings (SSSR count). The highest BCUT2D eigenvalue weighted by Gasteiger charge is 2.36. The molecule has 328 valence electrons. The van der Waals surface area contributed by atoms with Gasteiger partial charge in [-0.25, -0.2) is 14.6 Å². The van der Waals surface area contributed by atoms with E-state index in [-0.39, 0.29) is 33.0 Å². The number of rotatable bonds is 17. The minimum Gasteiger partial charge on any atom is -0.493 e. The molecule has 0 saturated carbocycles. The number of nitrogens with zero attached hydrogens (tertiary/aromatic N) is 1. The maximum Gasteiger partial charge on any atom is 0.407 e. The highest BCUT2D eigenvalue weighted by atomic mass is 32.2. The van der Waals surface area contributed by atoms with Gasteiger partial charge in [0.25, 0.3) is 0 Å². The number of thiophene rings is 2. The largest absolute Gasteiger partial charge is 0.493 e. The Morgan fingerprint density at radius 2 is 1.24 bits per heavy atom. The summed E-state index contributed by atoms with van der Waals surface area (Å²) < 4.78 is 31.7. The number of ether oxygens (including phenoxy) is 4. The fraction of sp³-hybridized carbons (Fsp3) is 0.130. The summed E-state index contributed by atoms with van der Waals surface area (Å²) in [4.78, 5) is 29.9. The van der Waals surface area contributed by atoms with Gasteiger partial charge in [-0.1, -0.05) is 134 Å². The number of aromatic nitrogens is 1. The van der Waals surface area contributed by atoms with Crippen molar-refractivity contribution in [2.45, 2.75) is 4.34 Å². The van der Waals surface area contributed by atoms with Crippen molar-refractivity contribution in [3.05, 3.63) is 170 Å². The molecule has 0 spiro atoms. The molecule has 0 saturated heterocycles. The third-order valence-corrected chi connectivity index (χ3v) is 16.2. The summed E-state index contributed by atoms with van der Waals surface area (Å²) in [6.07, 6.45) is 0.422. The van der Waals surface area contributed by atoms with E-state index in [2.05, 4.69) is 121 Å². The van der Waals surface area contributed by atoms with Crippen molar-refractivity contribution >= 4 is 108 Å². The van der Waals surface area contributed by atoms with E-state index in [4.69, 9.17) is 23.9 Å². The average molecular weight is 943 g/mol. The van der Waals surface area contributed by atoms with E-state index in [1.54, 1.807) is 45.8 Å². The van der Waals surface area contributed by atoms with Gasteiger partial charge in [0.15, 0.2) is 4.34 Å². The number of thioether (sulfide) groups is 1. The fourth-order valence-corrected chi connectivity index (χ4v) is 12.7. The maximum atomic E-state index is 13.4. The second-order valence-corrected chi connectivity index (χ2v) is 20.1. The number of amides is 1. The van der Waals surface area contributed by atoms with Gasteiger partial charge < -0.3 is 24.3 Å². The van der Waals surface area contributed by atoms with Gasteiger partial charge in [0.05, 0.1) is 22.2 Å². The lowest BCUT2D eigenvalue weighted by molar-refractivity contribution is -0.137. The molecule has 1 unspecified atom stereocenters. The highest BCUT2D eigenvalue weighted by molar-refractivity contribution is 8.01. The van der Waals surface area contributed by atoms with Gasteiger partial charge in [-0.3, -0.25) is 0 Å². The molecule has 10 aromatic rings. The Bertz CT molecular complexity index is 3360. The van der Waals surface area contributed by atoms with Gasteiger partial charge in [-0.05, 0) is 53.6 Å². The Labute approximate surface area is 397 Å². The third-order valence-electron chi connectivity index (χ3n) is 11.3. The molecule has 0 radical (unpaired) electrons. The molecule has 1 atom stereocenters. The fourth-order valence-electron chi connectivity index (χ4n) is 7.98. The van der Waals surface area contributed by atoms with Crippen LogP contribution in [0.3, 0.4) is 0 Å². The Balaban J connectivity index is 0.989. The summed E-state index contributed by atoms with van der Waals surface area (Å²) in [5.41, 5.74) is 4.21. The molecule has 0 aliphatic carbocycles. The Morgan fingerprint density at radius 3 is 2.00 bits per heavy atom. The maximum absolute atomic E-state index is 13.4. The van der Waals surface area contributed by atoms with Crippen molar-refractivity contribution in [1.82, 2.24) is 10.3 Å². The highest BCUT2D eigenvalue weighted by Crippen LogP contribution is 2.44. The number of hydrogen-bond donors (Lipinski definition) is 1. The average Bonchev–Trinajstić information content (AvgIpc) is 4.08. The summed E-state index contributed by atoms with van der Waals surface area (Å²) in [6, 6.07) is 54.2. The predicted octanol–water partition coefficient (Wildman–Crippen LogP) is 14.1. The number of para-hydroxylation sites is 2. The van der Waals surface area contributed by atoms with Crippen molar-refractivity contribution < 1.29 is 28.5 Å². The van der Waals surface area contributed by atoms with Crippen LogP contribution < -0.4 is 14.8 Å². The standard InChI is InChI=1S/C54H42N2O6S4/c1-2-49(57)59-29-28-55-52(58)62-33-54(34-63-53-56-44-23-6-10-27-48(44)66-53,31-60-36-15-11-14-35(30-36)37-19-12-21-42-39-17-4-8-25-46(39)64-50(37)42)32-61-45-24-7-3-16-38(45)41-20-13-22-43-40-18-5-9-26-47(40)65-51(41)43/h2-27,30H,1,28-29,31-34H2,(H,55,58). The predicted molar refractivity (Wildman–Crippen MR) is 274 cm³/mol. The molecular formula is C54H42N2O6S4. The molecule has 12 heteroatoms. The number of carbonyl (C=O) groups excluding carboxylic acids is 2. The van der Waals surface area contributed by atoms with Crippen LogP contribution in [0.5, 0.6) is 11.5 Å². The van der Waals surface area contributed by atoms with Gasteiger partial charge in [0.1, 0.15) is 37.9 Å². The first-order valence-electron chi connectivity index (χ1n) is 21.4. The molecule has 0 bridgehead atoms. The van der Waals surface area contributed by atoms with Crippen LogP contribution in [-0.4, -0.2) is 55.8 Å². The number of alkyl carbamates (subject to hydrolysis) is 1. The normalized spacial score (nSPS) is 12.4. The number of fused-ring (bicyclic) bond motifs is 7. The summed E-state index contributed by atoms with van der Waals surface area (Å²) in [5, 5.41) is 7.60. The monoisotopic (exact) mass is 942 g/mol. The van der Waals surface area contributed by atoms with Crippen LogP contribution in [0.4, 0.5) is 4.79 Å². The van der Waals surface area contributed by atoms with Gasteiger partial charge >= 0.3 is 12.1 Å². The number of nitrogens with one attached hydrogen (secondary N) is 1. The van der Waals surface area contributed by atoms with Crippen molar-refractivity contribution in [3.63, 3.8) is 0 Å². The van der Waals surface area contributed by atoms with Crippen LogP contribution >= 0.6 is 45.8 Å². The van der Waals surface area contributed by atoms with Crippen molar-refractivity contribution in [3.8, 4) is 33.8 Å². The molecular weight excluding hydrogens is 901 g/mol. The van der Waals surface area contributed by atoms with E-state index in [0.717, 1.165) is 42.9 Å². The lowest BCUT2D eigenvalue weighted by atomic mass is 9.93. The zero-order valence-corrected chi connectivity index (χ0v) is 38.8. The van der Waals surface area contributed by atoms with Crippen LogP contribution in [0.1, 0.15) is 0 Å². The molecule has 1 amide bonds. The zero-order valence-electron chi connectivity index (χ0n) is 35.6. The summed E-state index contributed by atoms with van der Waals surface area (Å²) in [7, 11) is 0. The first kappa shape index (κ1) is 43.2. The first-order chi connectivity index (χ1) is 32.4. The van der Waals surface area contributed by atoms with Gasteiger partial charge in [-0.2, -0.15) is 0 Å². The molecule has 1 N–H and O–H groups in total. The van der Waals surface area contributed by atoms with E-state index < -0.39 is 17.5 Å². The first-order valence-corrected chi connectivity index (χ1v) is 24.8. The number of carbonyl (C=O) groups is 2. The van der Waals surface area contributed by atoms with Crippen LogP contribution in [0.15, 0.2) is 175 Å². The molecule has 0 aliphatic heterocycles. The molecule has 3 aromatic heterocycles. The van der Waals surface area contributed by atoms with Crippen molar-refractivity contribution in [2.75, 3.05) is 38.7 Å². The van der Waals surface area contributed by atoms with E-state index in [0.29, 0.717) is 17.3 Å². The minimum absolute atomic E-state index is 0.0281. The van der Waals surface area contributed by atoms with Crippen LogP contribution in [0.25, 0.3) is 72.8 Å². The van der Waals surface area contributed by atoms with Crippen LogP contribution in [0.2, 0.25) is 0 Å². The van der Waals surface area contributed by atoms with Crippen LogP contribution in [-0.2, 0) is 14.3 Å². The van der Waals surface area contributed by atoms with Crippen molar-refractivity contribution in [1.29, 1.82) is 0 Å². The molecule has 0 aliphatic rings. The molecule has 3 heterocycles. The summed E-state index contributed by atoms with van der Waals surface area (Å²) in [5.74, 6) is 1.24. The lowest BCUT2D eigenvalue weighted by Crippen LogP contribution is -2.43. The minimum atomic E-state index is -0.909. The van der Waals surface area contributed by atoms with Crippen LogP contribution in [0, 0.1) is 5.41 Å². The van der Waals surface area contributed by atoms with Gasteiger partial charge in [-0.15, -0.1) is 34.0 Å². The van der Waals surface area contributed by atoms with Gasteiger partial charge in [0.2, 0.25) is 0 Å². The zero-order chi connectivity index (χ0) is 44.9. The number of benzene rings is 7. The van der Waals surface area contributed by atoms with E-state index in [9.17, 15) is 9.59 Å². The van der Waals surface area contributed by atoms with E-state index >= 15 is 0 Å². The number of thiazole rings is 1.